The van der Waals surface area contributed by atoms with Crippen LogP contribution in [0.2, 0.25) is 0 Å². The summed E-state index contributed by atoms with van der Waals surface area (Å²) in [4.78, 5) is 18.9. The van der Waals surface area contributed by atoms with Gasteiger partial charge in [-0.3, -0.25) is 4.79 Å². The number of carbonyl (C=O) groups is 1. The number of halogens is 2. The molecule has 37 heavy (non-hydrogen) atoms. The second-order valence-corrected chi connectivity index (χ2v) is 9.97. The number of nitrogens with zero attached hydrogens (tertiary/aromatic N) is 6. The maximum Gasteiger partial charge on any atom is 0.273 e. The van der Waals surface area contributed by atoms with Crippen LogP contribution in [-0.2, 0) is 0 Å². The Bertz CT molecular complexity index is 1490. The van der Waals surface area contributed by atoms with Crippen molar-refractivity contribution in [2.45, 2.75) is 32.6 Å². The van der Waals surface area contributed by atoms with Crippen molar-refractivity contribution in [3.05, 3.63) is 81.3 Å². The molecule has 1 amide bonds. The van der Waals surface area contributed by atoms with Crippen molar-refractivity contribution in [1.82, 2.24) is 34.9 Å². The Morgan fingerprint density at radius 1 is 1.16 bits per heavy atom. The molecule has 11 heteroatoms. The Balaban J connectivity index is 1.17. The molecule has 3 heterocycles. The van der Waals surface area contributed by atoms with Gasteiger partial charge in [-0.2, -0.15) is 19.5 Å². The lowest BCUT2D eigenvalue weighted by atomic mass is 10.0. The third-order valence-corrected chi connectivity index (χ3v) is 6.94. The molecule has 1 aliphatic rings. The number of rotatable bonds is 9. The van der Waals surface area contributed by atoms with Gasteiger partial charge in [-0.15, -0.1) is 5.10 Å². The van der Waals surface area contributed by atoms with Crippen LogP contribution >= 0.6 is 27.5 Å². The zero-order chi connectivity index (χ0) is 25.8. The van der Waals surface area contributed by atoms with Crippen LogP contribution < -0.4 is 10.6 Å². The number of hydrogen-bond donors (Lipinski definition) is 2. The predicted molar refractivity (Wildman–Crippen MR) is 148 cm³/mol. The Morgan fingerprint density at radius 3 is 2.78 bits per heavy atom. The average molecular weight is 582 g/mol. The molecule has 0 saturated carbocycles. The van der Waals surface area contributed by atoms with E-state index in [1.807, 2.05) is 42.5 Å². The number of para-hydroxylation sites is 1. The topological polar surface area (TPSA) is 102 Å². The van der Waals surface area contributed by atoms with Crippen LogP contribution in [0, 0.1) is 6.92 Å². The molecule has 4 aromatic rings. The summed E-state index contributed by atoms with van der Waals surface area (Å²) in [6, 6.07) is 11.5. The SMILES string of the molecule is Cc1nn(-c2ccccc2)nc1C(=O)NCCCCNc1cc(C2=C(Cl)CCC=C2)nc2c(Br)cnn12. The molecule has 0 unspecified atom stereocenters. The van der Waals surface area contributed by atoms with Gasteiger partial charge in [0.1, 0.15) is 5.82 Å². The molecule has 0 spiro atoms. The van der Waals surface area contributed by atoms with Crippen LogP contribution in [0.3, 0.4) is 0 Å². The van der Waals surface area contributed by atoms with Gasteiger partial charge in [0.2, 0.25) is 0 Å². The van der Waals surface area contributed by atoms with Gasteiger partial charge in [-0.05, 0) is 60.7 Å². The molecular formula is C26H26BrClN8O. The van der Waals surface area contributed by atoms with E-state index in [9.17, 15) is 4.79 Å². The summed E-state index contributed by atoms with van der Waals surface area (Å²) in [5.41, 5.74) is 4.21. The van der Waals surface area contributed by atoms with E-state index in [2.05, 4.69) is 47.9 Å². The minimum Gasteiger partial charge on any atom is -0.370 e. The number of nitrogens with one attached hydrogen (secondary N) is 2. The van der Waals surface area contributed by atoms with E-state index < -0.39 is 0 Å². The van der Waals surface area contributed by atoms with Gasteiger partial charge in [0.05, 0.1) is 27.7 Å². The number of unbranched alkanes of at least 4 members (excludes halogenated alkanes) is 1. The van der Waals surface area contributed by atoms with Gasteiger partial charge in [0, 0.05) is 29.8 Å². The normalized spacial score (nSPS) is 13.4. The zero-order valence-corrected chi connectivity index (χ0v) is 22.6. The van der Waals surface area contributed by atoms with Crippen LogP contribution in [-0.4, -0.2) is 48.6 Å². The fraction of sp³-hybridized carbons (Fsp3) is 0.269. The van der Waals surface area contributed by atoms with Gasteiger partial charge >= 0.3 is 0 Å². The van der Waals surface area contributed by atoms with Gasteiger partial charge in [-0.1, -0.05) is 42.0 Å². The lowest BCUT2D eigenvalue weighted by Gasteiger charge is -2.14. The number of allylic oxidation sites excluding steroid dienone is 4. The van der Waals surface area contributed by atoms with Crippen molar-refractivity contribution in [3.63, 3.8) is 0 Å². The molecule has 1 aliphatic carbocycles. The Labute approximate surface area is 227 Å². The van der Waals surface area contributed by atoms with Gasteiger partial charge < -0.3 is 10.6 Å². The number of aromatic nitrogens is 6. The maximum absolute atomic E-state index is 12.6. The highest BCUT2D eigenvalue weighted by Gasteiger charge is 2.17. The maximum atomic E-state index is 12.6. The van der Waals surface area contributed by atoms with Gasteiger partial charge in [0.25, 0.3) is 5.91 Å². The van der Waals surface area contributed by atoms with Gasteiger partial charge in [0.15, 0.2) is 11.3 Å². The number of fused-ring (bicyclic) bond motifs is 1. The molecule has 0 atom stereocenters. The molecule has 190 valence electrons. The lowest BCUT2D eigenvalue weighted by Crippen LogP contribution is -2.26. The van der Waals surface area contributed by atoms with Crippen LogP contribution in [0.15, 0.2) is 64.3 Å². The van der Waals surface area contributed by atoms with Crippen LogP contribution in [0.1, 0.15) is 47.6 Å². The Morgan fingerprint density at radius 2 is 1.97 bits per heavy atom. The molecule has 9 nitrogen and oxygen atoms in total. The predicted octanol–water partition coefficient (Wildman–Crippen LogP) is 5.30. The highest BCUT2D eigenvalue weighted by molar-refractivity contribution is 9.10. The van der Waals surface area contributed by atoms with Crippen molar-refractivity contribution < 1.29 is 4.79 Å². The first-order chi connectivity index (χ1) is 18.0. The quantitative estimate of drug-likeness (QED) is 0.260. The standard InChI is InChI=1S/C26H26BrClN8O/c1-17-24(34-36(33-17)18-9-3-2-4-10-18)26(37)30-14-8-7-13-29-23-15-22(19-11-5-6-12-21(19)28)32-25-20(27)16-31-35(23)25/h2-5,9-11,15-16,29H,6-8,12-14H2,1H3,(H,30,37). The number of anilines is 1. The number of aryl methyl sites for hydroxylation is 1. The average Bonchev–Trinajstić information content (AvgIpc) is 3.49. The van der Waals surface area contributed by atoms with E-state index in [0.29, 0.717) is 24.5 Å². The first kappa shape index (κ1) is 25.2. The summed E-state index contributed by atoms with van der Waals surface area (Å²) in [5.74, 6) is 0.610. The van der Waals surface area contributed by atoms with Crippen molar-refractivity contribution in [3.8, 4) is 5.69 Å². The third kappa shape index (κ3) is 5.60. The van der Waals surface area contributed by atoms with Crippen molar-refractivity contribution in [2.75, 3.05) is 18.4 Å². The molecule has 3 aromatic heterocycles. The third-order valence-electron chi connectivity index (χ3n) is 5.99. The Hall–Kier alpha value is -3.50. The second-order valence-electron chi connectivity index (χ2n) is 8.66. The molecule has 0 aliphatic heterocycles. The smallest absolute Gasteiger partial charge is 0.273 e. The fourth-order valence-corrected chi connectivity index (χ4v) is 4.70. The number of benzene rings is 1. The van der Waals surface area contributed by atoms with Crippen molar-refractivity contribution >= 4 is 50.5 Å². The zero-order valence-electron chi connectivity index (χ0n) is 20.3. The van der Waals surface area contributed by atoms with E-state index in [0.717, 1.165) is 63.6 Å². The van der Waals surface area contributed by atoms with E-state index >= 15 is 0 Å². The molecule has 0 saturated heterocycles. The largest absolute Gasteiger partial charge is 0.370 e. The highest BCUT2D eigenvalue weighted by atomic mass is 79.9. The van der Waals surface area contributed by atoms with Crippen LogP contribution in [0.5, 0.6) is 0 Å². The van der Waals surface area contributed by atoms with E-state index in [-0.39, 0.29) is 5.91 Å². The molecule has 1 aromatic carbocycles. The van der Waals surface area contributed by atoms with Crippen LogP contribution in [0.4, 0.5) is 5.82 Å². The summed E-state index contributed by atoms with van der Waals surface area (Å²) < 4.78 is 2.59. The fourth-order valence-electron chi connectivity index (χ4n) is 4.08. The molecule has 5 rings (SSSR count). The number of hydrogen-bond acceptors (Lipinski definition) is 6. The van der Waals surface area contributed by atoms with Crippen molar-refractivity contribution in [1.29, 1.82) is 0 Å². The minimum absolute atomic E-state index is 0.222. The molecule has 2 N–H and O–H groups in total. The minimum atomic E-state index is -0.222. The summed E-state index contributed by atoms with van der Waals surface area (Å²) in [6.45, 7) is 3.03. The number of amides is 1. The molecule has 0 bridgehead atoms. The van der Waals surface area contributed by atoms with Crippen LogP contribution in [0.25, 0.3) is 16.9 Å². The van der Waals surface area contributed by atoms with E-state index in [4.69, 9.17) is 16.6 Å². The first-order valence-corrected chi connectivity index (χ1v) is 13.3. The molecule has 0 radical (unpaired) electrons. The van der Waals surface area contributed by atoms with Gasteiger partial charge in [-0.25, -0.2) is 4.98 Å². The van der Waals surface area contributed by atoms with E-state index in [1.165, 1.54) is 4.80 Å². The Kier molecular flexibility index (Phi) is 7.66. The molecule has 0 fully saturated rings. The second kappa shape index (κ2) is 11.3. The van der Waals surface area contributed by atoms with Crippen molar-refractivity contribution in [2.24, 2.45) is 0 Å². The van der Waals surface area contributed by atoms with E-state index in [1.54, 1.807) is 17.6 Å². The molecular weight excluding hydrogens is 556 g/mol. The monoisotopic (exact) mass is 580 g/mol. The summed E-state index contributed by atoms with van der Waals surface area (Å²) in [6.07, 6.45) is 9.28. The first-order valence-electron chi connectivity index (χ1n) is 12.1. The lowest BCUT2D eigenvalue weighted by molar-refractivity contribution is 0.0947. The highest BCUT2D eigenvalue weighted by Crippen LogP contribution is 2.31. The summed E-state index contributed by atoms with van der Waals surface area (Å²) in [5, 5.41) is 20.4. The number of carbonyl (C=O) groups excluding carboxylic acids is 1. The summed E-state index contributed by atoms with van der Waals surface area (Å²) in [7, 11) is 0. The summed E-state index contributed by atoms with van der Waals surface area (Å²) >= 11 is 10.0.